The summed E-state index contributed by atoms with van der Waals surface area (Å²) in [6.45, 7) is 2.04. The average molecular weight is 217 g/mol. The van der Waals surface area contributed by atoms with Crippen molar-refractivity contribution < 1.29 is 4.74 Å². The Kier molecular flexibility index (Phi) is 2.50. The van der Waals surface area contributed by atoms with Crippen LogP contribution >= 0.6 is 0 Å². The van der Waals surface area contributed by atoms with E-state index in [2.05, 4.69) is 10.3 Å². The predicted octanol–water partition coefficient (Wildman–Crippen LogP) is 1.47. The van der Waals surface area contributed by atoms with Gasteiger partial charge in [0.25, 0.3) is 0 Å². The van der Waals surface area contributed by atoms with E-state index in [-0.39, 0.29) is 6.10 Å². The van der Waals surface area contributed by atoms with Crippen molar-refractivity contribution in [1.29, 1.82) is 0 Å². The number of piperidine rings is 1. The summed E-state index contributed by atoms with van der Waals surface area (Å²) >= 11 is 0. The van der Waals surface area contributed by atoms with Crippen LogP contribution in [0.5, 0.6) is 5.88 Å². The van der Waals surface area contributed by atoms with E-state index in [4.69, 9.17) is 4.74 Å². The maximum absolute atomic E-state index is 5.99. The van der Waals surface area contributed by atoms with Crippen LogP contribution in [0.1, 0.15) is 12.8 Å². The number of ether oxygens (including phenoxy) is 1. The number of nitrogens with one attached hydrogen (secondary N) is 1. The number of nitrogens with zero attached hydrogens (tertiary/aromatic N) is 2. The fourth-order valence-corrected chi connectivity index (χ4v) is 2.11. The first kappa shape index (κ1) is 9.66. The molecule has 1 saturated heterocycles. The van der Waals surface area contributed by atoms with Crippen molar-refractivity contribution in [2.24, 2.45) is 0 Å². The molecule has 0 spiro atoms. The molecule has 16 heavy (non-hydrogen) atoms. The molecule has 0 unspecified atom stereocenters. The molecule has 0 aliphatic carbocycles. The minimum absolute atomic E-state index is 0.279. The second-order valence-corrected chi connectivity index (χ2v) is 4.11. The van der Waals surface area contributed by atoms with Crippen molar-refractivity contribution >= 4 is 5.65 Å². The zero-order valence-corrected chi connectivity index (χ0v) is 9.10. The third-order valence-corrected chi connectivity index (χ3v) is 2.93. The number of aromatic nitrogens is 2. The molecule has 0 saturated carbocycles. The smallest absolute Gasteiger partial charge is 0.199 e. The summed E-state index contributed by atoms with van der Waals surface area (Å²) in [5, 5.41) is 3.35. The lowest BCUT2D eigenvalue weighted by atomic mass is 10.1. The molecule has 1 aliphatic heterocycles. The van der Waals surface area contributed by atoms with Crippen LogP contribution < -0.4 is 10.1 Å². The van der Waals surface area contributed by atoms with E-state index in [9.17, 15) is 0 Å². The van der Waals surface area contributed by atoms with Gasteiger partial charge in [-0.15, -0.1) is 0 Å². The third-order valence-electron chi connectivity index (χ3n) is 2.93. The van der Waals surface area contributed by atoms with Gasteiger partial charge in [-0.25, -0.2) is 4.98 Å². The number of hydrogen-bond acceptors (Lipinski definition) is 3. The van der Waals surface area contributed by atoms with Gasteiger partial charge in [-0.3, -0.25) is 4.40 Å². The Morgan fingerprint density at radius 3 is 3.31 bits per heavy atom. The number of rotatable bonds is 2. The molecule has 2 aromatic rings. The Bertz CT molecular complexity index is 474. The monoisotopic (exact) mass is 217 g/mol. The largest absolute Gasteiger partial charge is 0.474 e. The Morgan fingerprint density at radius 1 is 1.44 bits per heavy atom. The van der Waals surface area contributed by atoms with Gasteiger partial charge >= 0.3 is 0 Å². The van der Waals surface area contributed by atoms with Crippen molar-refractivity contribution in [2.45, 2.75) is 18.9 Å². The van der Waals surface area contributed by atoms with Crippen molar-refractivity contribution in [2.75, 3.05) is 13.1 Å². The molecule has 0 amide bonds. The number of pyridine rings is 1. The highest BCUT2D eigenvalue weighted by Crippen LogP contribution is 2.17. The molecular weight excluding hydrogens is 202 g/mol. The van der Waals surface area contributed by atoms with Gasteiger partial charge in [0, 0.05) is 18.9 Å². The van der Waals surface area contributed by atoms with E-state index in [1.54, 1.807) is 6.20 Å². The van der Waals surface area contributed by atoms with E-state index >= 15 is 0 Å². The number of imidazole rings is 1. The van der Waals surface area contributed by atoms with Gasteiger partial charge in [0.2, 0.25) is 0 Å². The molecule has 0 bridgehead atoms. The second kappa shape index (κ2) is 4.14. The Labute approximate surface area is 94.3 Å². The molecular formula is C12H15N3O. The van der Waals surface area contributed by atoms with Crippen molar-refractivity contribution in [3.8, 4) is 5.88 Å². The van der Waals surface area contributed by atoms with Crippen LogP contribution in [-0.4, -0.2) is 28.6 Å². The molecule has 1 atom stereocenters. The van der Waals surface area contributed by atoms with Crippen molar-refractivity contribution in [1.82, 2.24) is 14.7 Å². The van der Waals surface area contributed by atoms with Crippen molar-refractivity contribution in [3.05, 3.63) is 30.6 Å². The van der Waals surface area contributed by atoms with E-state index in [1.165, 1.54) is 6.42 Å². The molecule has 3 heterocycles. The maximum atomic E-state index is 5.99. The average Bonchev–Trinajstić information content (AvgIpc) is 2.80. The number of fused-ring (bicyclic) bond motifs is 1. The molecule has 1 aliphatic rings. The summed E-state index contributed by atoms with van der Waals surface area (Å²) in [7, 11) is 0. The van der Waals surface area contributed by atoms with Gasteiger partial charge in [0.1, 0.15) is 11.8 Å². The SMILES string of the molecule is c1cc(O[C@H]2CCCNC2)n2ccnc2c1. The van der Waals surface area contributed by atoms with E-state index < -0.39 is 0 Å². The quantitative estimate of drug-likeness (QED) is 0.827. The fraction of sp³-hybridized carbons (Fsp3) is 0.417. The lowest BCUT2D eigenvalue weighted by Gasteiger charge is -2.24. The molecule has 2 aromatic heterocycles. The highest BCUT2D eigenvalue weighted by molar-refractivity contribution is 5.41. The van der Waals surface area contributed by atoms with Crippen LogP contribution in [0.4, 0.5) is 0 Å². The van der Waals surface area contributed by atoms with Gasteiger partial charge in [-0.2, -0.15) is 0 Å². The van der Waals surface area contributed by atoms with Crippen LogP contribution in [0.15, 0.2) is 30.6 Å². The molecule has 4 nitrogen and oxygen atoms in total. The molecule has 1 N–H and O–H groups in total. The maximum Gasteiger partial charge on any atom is 0.199 e. The Hall–Kier alpha value is -1.55. The molecule has 3 rings (SSSR count). The van der Waals surface area contributed by atoms with E-state index in [0.29, 0.717) is 0 Å². The lowest BCUT2D eigenvalue weighted by Crippen LogP contribution is -2.37. The molecule has 4 heteroatoms. The summed E-state index contributed by atoms with van der Waals surface area (Å²) in [6.07, 6.45) is 6.31. The topological polar surface area (TPSA) is 38.6 Å². The summed E-state index contributed by atoms with van der Waals surface area (Å²) in [5.74, 6) is 0.878. The fourth-order valence-electron chi connectivity index (χ4n) is 2.11. The van der Waals surface area contributed by atoms with Gasteiger partial charge in [0.15, 0.2) is 5.88 Å². The van der Waals surface area contributed by atoms with Crippen LogP contribution in [0.3, 0.4) is 0 Å². The molecule has 0 radical (unpaired) electrons. The highest BCUT2D eigenvalue weighted by Gasteiger charge is 2.15. The van der Waals surface area contributed by atoms with Gasteiger partial charge < -0.3 is 10.1 Å². The van der Waals surface area contributed by atoms with Crippen molar-refractivity contribution in [3.63, 3.8) is 0 Å². The first-order valence-electron chi connectivity index (χ1n) is 5.73. The summed E-state index contributed by atoms with van der Waals surface area (Å²) in [6, 6.07) is 5.95. The first-order chi connectivity index (χ1) is 7.93. The standard InChI is InChI=1S/C12H15N3O/c1-4-11-14-7-8-15(11)12(5-1)16-10-3-2-6-13-9-10/h1,4-5,7-8,10,13H,2-3,6,9H2/t10-/m0/s1. The second-order valence-electron chi connectivity index (χ2n) is 4.11. The van der Waals surface area contributed by atoms with Crippen LogP contribution in [0, 0.1) is 0 Å². The van der Waals surface area contributed by atoms with E-state index in [1.807, 2.05) is 28.8 Å². The Balaban J connectivity index is 1.85. The van der Waals surface area contributed by atoms with Gasteiger partial charge in [-0.1, -0.05) is 6.07 Å². The predicted molar refractivity (Wildman–Crippen MR) is 61.7 cm³/mol. The normalized spacial score (nSPS) is 21.1. The number of hydrogen-bond donors (Lipinski definition) is 1. The summed E-state index contributed by atoms with van der Waals surface area (Å²) < 4.78 is 7.97. The summed E-state index contributed by atoms with van der Waals surface area (Å²) in [5.41, 5.74) is 0.932. The summed E-state index contributed by atoms with van der Waals surface area (Å²) in [4.78, 5) is 4.24. The highest BCUT2D eigenvalue weighted by atomic mass is 16.5. The Morgan fingerprint density at radius 2 is 2.44 bits per heavy atom. The van der Waals surface area contributed by atoms with E-state index in [0.717, 1.165) is 31.0 Å². The van der Waals surface area contributed by atoms with Crippen LogP contribution in [0.2, 0.25) is 0 Å². The van der Waals surface area contributed by atoms with Crippen LogP contribution in [0.25, 0.3) is 5.65 Å². The molecule has 0 aromatic carbocycles. The lowest BCUT2D eigenvalue weighted by molar-refractivity contribution is 0.158. The third kappa shape index (κ3) is 1.76. The molecule has 84 valence electrons. The minimum atomic E-state index is 0.279. The van der Waals surface area contributed by atoms with Crippen LogP contribution in [-0.2, 0) is 0 Å². The zero-order chi connectivity index (χ0) is 10.8. The minimum Gasteiger partial charge on any atom is -0.474 e. The van der Waals surface area contributed by atoms with Gasteiger partial charge in [-0.05, 0) is 31.5 Å². The van der Waals surface area contributed by atoms with Gasteiger partial charge in [0.05, 0.1) is 0 Å². The zero-order valence-electron chi connectivity index (χ0n) is 9.10. The first-order valence-corrected chi connectivity index (χ1v) is 5.73. The molecule has 1 fully saturated rings.